The fourth-order valence-electron chi connectivity index (χ4n) is 1.97. The van der Waals surface area contributed by atoms with Gasteiger partial charge in [-0.2, -0.15) is 0 Å². The Morgan fingerprint density at radius 3 is 2.42 bits per heavy atom. The monoisotopic (exact) mass is 333 g/mol. The molecule has 3 amide bonds. The molecule has 0 radical (unpaired) electrons. The Morgan fingerprint density at radius 1 is 0.917 bits per heavy atom. The summed E-state index contributed by atoms with van der Waals surface area (Å²) >= 11 is 0. The Morgan fingerprint density at radius 2 is 1.67 bits per heavy atom. The number of hydrogen-bond donors (Lipinski definition) is 3. The van der Waals surface area contributed by atoms with Crippen LogP contribution in [0.5, 0.6) is 0 Å². The van der Waals surface area contributed by atoms with Crippen LogP contribution < -0.4 is 16.0 Å². The molecule has 2 rings (SSSR count). The molecular formula is C17H17F2N3O2. The van der Waals surface area contributed by atoms with E-state index in [1.165, 1.54) is 36.4 Å². The standard InChI is InChI=1S/C17H17F2N3O2/c18-12-5-3-6-13(11-12)22-17(24)21-10-4-9-20-16(23)14-7-1-2-8-15(14)19/h1-3,5-8,11H,4,9-10H2,(H,20,23)(H2,21,22,24). The third-order valence-corrected chi connectivity index (χ3v) is 3.13. The van der Waals surface area contributed by atoms with Gasteiger partial charge in [-0.15, -0.1) is 0 Å². The summed E-state index contributed by atoms with van der Waals surface area (Å²) in [6.07, 6.45) is 0.469. The second kappa shape index (κ2) is 8.61. The molecule has 3 N–H and O–H groups in total. The number of carbonyl (C=O) groups excluding carboxylic acids is 2. The zero-order valence-corrected chi connectivity index (χ0v) is 12.8. The predicted octanol–water partition coefficient (Wildman–Crippen LogP) is 2.91. The minimum absolute atomic E-state index is 0.0192. The normalized spacial score (nSPS) is 10.1. The first-order valence-corrected chi connectivity index (χ1v) is 7.39. The van der Waals surface area contributed by atoms with E-state index in [4.69, 9.17) is 0 Å². The Kier molecular flexibility index (Phi) is 6.24. The molecule has 0 atom stereocenters. The van der Waals surface area contributed by atoms with Crippen LogP contribution in [0.3, 0.4) is 0 Å². The van der Waals surface area contributed by atoms with Crippen LogP contribution in [0.4, 0.5) is 19.3 Å². The molecule has 0 fully saturated rings. The Hall–Kier alpha value is -2.96. The molecule has 0 unspecified atom stereocenters. The van der Waals surface area contributed by atoms with E-state index in [0.717, 1.165) is 0 Å². The number of rotatable bonds is 6. The zero-order valence-electron chi connectivity index (χ0n) is 12.8. The van der Waals surface area contributed by atoms with Crippen LogP contribution in [-0.2, 0) is 0 Å². The molecule has 0 saturated heterocycles. The molecule has 0 bridgehead atoms. The van der Waals surface area contributed by atoms with Gasteiger partial charge >= 0.3 is 6.03 Å². The van der Waals surface area contributed by atoms with Crippen molar-refractivity contribution >= 4 is 17.6 Å². The first-order chi connectivity index (χ1) is 11.6. The maximum absolute atomic E-state index is 13.4. The number of anilines is 1. The lowest BCUT2D eigenvalue weighted by atomic mass is 10.2. The van der Waals surface area contributed by atoms with Gasteiger partial charge in [0.2, 0.25) is 0 Å². The van der Waals surface area contributed by atoms with E-state index in [0.29, 0.717) is 18.7 Å². The van der Waals surface area contributed by atoms with Crippen LogP contribution in [0.15, 0.2) is 48.5 Å². The van der Waals surface area contributed by atoms with Crippen LogP contribution in [0, 0.1) is 11.6 Å². The Labute approximate surface area is 138 Å². The van der Waals surface area contributed by atoms with Crippen molar-refractivity contribution in [1.82, 2.24) is 10.6 Å². The average Bonchev–Trinajstić information content (AvgIpc) is 2.54. The highest BCUT2D eigenvalue weighted by Gasteiger charge is 2.09. The first-order valence-electron chi connectivity index (χ1n) is 7.39. The third kappa shape index (κ3) is 5.35. The lowest BCUT2D eigenvalue weighted by Gasteiger charge is -2.08. The van der Waals surface area contributed by atoms with Crippen molar-refractivity contribution in [2.45, 2.75) is 6.42 Å². The van der Waals surface area contributed by atoms with Crippen molar-refractivity contribution in [1.29, 1.82) is 0 Å². The summed E-state index contributed by atoms with van der Waals surface area (Å²) in [4.78, 5) is 23.4. The fourth-order valence-corrected chi connectivity index (χ4v) is 1.97. The highest BCUT2D eigenvalue weighted by molar-refractivity contribution is 5.94. The molecule has 0 aliphatic heterocycles. The SMILES string of the molecule is O=C(NCCCNC(=O)c1ccccc1F)Nc1cccc(F)c1. The van der Waals surface area contributed by atoms with Gasteiger partial charge in [-0.3, -0.25) is 4.79 Å². The van der Waals surface area contributed by atoms with Gasteiger partial charge in [0.1, 0.15) is 11.6 Å². The van der Waals surface area contributed by atoms with Crippen LogP contribution in [-0.4, -0.2) is 25.0 Å². The number of hydrogen-bond acceptors (Lipinski definition) is 2. The van der Waals surface area contributed by atoms with Crippen molar-refractivity contribution in [3.63, 3.8) is 0 Å². The van der Waals surface area contributed by atoms with Gasteiger partial charge in [0.05, 0.1) is 5.56 Å². The highest BCUT2D eigenvalue weighted by atomic mass is 19.1. The minimum atomic E-state index is -0.581. The van der Waals surface area contributed by atoms with Gasteiger partial charge in [0.25, 0.3) is 5.91 Å². The van der Waals surface area contributed by atoms with Crippen LogP contribution in [0.2, 0.25) is 0 Å². The largest absolute Gasteiger partial charge is 0.352 e. The van der Waals surface area contributed by atoms with Gasteiger partial charge < -0.3 is 16.0 Å². The molecule has 0 heterocycles. The molecule has 0 aromatic heterocycles. The van der Waals surface area contributed by atoms with E-state index < -0.39 is 23.6 Å². The van der Waals surface area contributed by atoms with Crippen molar-refractivity contribution in [2.24, 2.45) is 0 Å². The number of halogens is 2. The number of carbonyl (C=O) groups is 2. The summed E-state index contributed by atoms with van der Waals surface area (Å²) in [7, 11) is 0. The molecular weight excluding hydrogens is 316 g/mol. The molecule has 2 aromatic rings. The maximum atomic E-state index is 13.4. The molecule has 0 saturated carbocycles. The molecule has 24 heavy (non-hydrogen) atoms. The third-order valence-electron chi connectivity index (χ3n) is 3.13. The van der Waals surface area contributed by atoms with E-state index in [1.54, 1.807) is 12.1 Å². The van der Waals surface area contributed by atoms with Gasteiger partial charge in [0, 0.05) is 18.8 Å². The van der Waals surface area contributed by atoms with Crippen molar-refractivity contribution in [3.05, 3.63) is 65.7 Å². The van der Waals surface area contributed by atoms with E-state index in [9.17, 15) is 18.4 Å². The van der Waals surface area contributed by atoms with Gasteiger partial charge in [-0.25, -0.2) is 13.6 Å². The second-order valence-corrected chi connectivity index (χ2v) is 4.98. The number of urea groups is 1. The van der Waals surface area contributed by atoms with E-state index in [2.05, 4.69) is 16.0 Å². The first kappa shape index (κ1) is 17.4. The topological polar surface area (TPSA) is 70.2 Å². The quantitative estimate of drug-likeness (QED) is 0.712. The summed E-state index contributed by atoms with van der Waals surface area (Å²) in [6, 6.07) is 10.8. The fraction of sp³-hybridized carbons (Fsp3) is 0.176. The summed E-state index contributed by atoms with van der Waals surface area (Å²) in [5.41, 5.74) is 0.328. The highest BCUT2D eigenvalue weighted by Crippen LogP contribution is 2.08. The van der Waals surface area contributed by atoms with Crippen LogP contribution in [0.25, 0.3) is 0 Å². The van der Waals surface area contributed by atoms with E-state index in [-0.39, 0.29) is 12.1 Å². The van der Waals surface area contributed by atoms with E-state index >= 15 is 0 Å². The molecule has 126 valence electrons. The maximum Gasteiger partial charge on any atom is 0.319 e. The second-order valence-electron chi connectivity index (χ2n) is 4.98. The van der Waals surface area contributed by atoms with E-state index in [1.807, 2.05) is 0 Å². The average molecular weight is 333 g/mol. The molecule has 0 spiro atoms. The lowest BCUT2D eigenvalue weighted by molar-refractivity contribution is 0.0949. The van der Waals surface area contributed by atoms with Crippen molar-refractivity contribution in [3.8, 4) is 0 Å². The van der Waals surface area contributed by atoms with Crippen LogP contribution >= 0.6 is 0 Å². The summed E-state index contributed by atoms with van der Waals surface area (Å²) in [5.74, 6) is -1.52. The molecule has 2 aromatic carbocycles. The lowest BCUT2D eigenvalue weighted by Crippen LogP contribution is -2.32. The minimum Gasteiger partial charge on any atom is -0.352 e. The van der Waals surface area contributed by atoms with Crippen molar-refractivity contribution in [2.75, 3.05) is 18.4 Å². The van der Waals surface area contributed by atoms with Gasteiger partial charge in [-0.05, 0) is 36.8 Å². The van der Waals surface area contributed by atoms with Crippen LogP contribution in [0.1, 0.15) is 16.8 Å². The number of amides is 3. The smallest absolute Gasteiger partial charge is 0.319 e. The molecule has 7 heteroatoms. The van der Waals surface area contributed by atoms with Gasteiger partial charge in [-0.1, -0.05) is 18.2 Å². The van der Waals surface area contributed by atoms with Crippen molar-refractivity contribution < 1.29 is 18.4 Å². The summed E-state index contributed by atoms with van der Waals surface area (Å²) in [5, 5.41) is 7.64. The zero-order chi connectivity index (χ0) is 17.4. The number of benzene rings is 2. The summed E-state index contributed by atoms with van der Waals surface area (Å²) < 4.78 is 26.4. The molecule has 5 nitrogen and oxygen atoms in total. The Balaban J connectivity index is 1.65. The Bertz CT molecular complexity index is 722. The molecule has 0 aliphatic carbocycles. The summed E-state index contributed by atoms with van der Waals surface area (Å²) in [6.45, 7) is 0.589. The molecule has 0 aliphatic rings. The predicted molar refractivity (Wildman–Crippen MR) is 86.8 cm³/mol. The van der Waals surface area contributed by atoms with Gasteiger partial charge in [0.15, 0.2) is 0 Å². The number of nitrogens with one attached hydrogen (secondary N) is 3.